The number of halogens is 2. The monoisotopic (exact) mass is 323 g/mol. The van der Waals surface area contributed by atoms with Gasteiger partial charge in [-0.15, -0.1) is 11.3 Å². The molecule has 0 saturated carbocycles. The van der Waals surface area contributed by atoms with Crippen LogP contribution in [0, 0.1) is 5.82 Å². The molecule has 1 aliphatic rings. The minimum atomic E-state index is -0.180. The van der Waals surface area contributed by atoms with Gasteiger partial charge in [0, 0.05) is 20.8 Å². The Morgan fingerprint density at radius 2 is 2.10 bits per heavy atom. The molecule has 112 valence electrons. The summed E-state index contributed by atoms with van der Waals surface area (Å²) in [6.45, 7) is 0. The Hall–Kier alpha value is -0.900. The van der Waals surface area contributed by atoms with E-state index in [-0.39, 0.29) is 11.9 Å². The second-order valence-corrected chi connectivity index (χ2v) is 7.19. The van der Waals surface area contributed by atoms with E-state index in [1.807, 2.05) is 18.4 Å². The molecule has 21 heavy (non-hydrogen) atoms. The highest BCUT2D eigenvalue weighted by atomic mass is 35.5. The fourth-order valence-electron chi connectivity index (χ4n) is 2.95. The van der Waals surface area contributed by atoms with Crippen LogP contribution in [0.4, 0.5) is 4.39 Å². The molecule has 1 aromatic heterocycles. The summed E-state index contributed by atoms with van der Waals surface area (Å²) >= 11 is 7.87. The maximum Gasteiger partial charge on any atom is 0.126 e. The fraction of sp³-hybridized carbons (Fsp3) is 0.412. The molecular weight excluding hydrogens is 305 g/mol. The topological polar surface area (TPSA) is 12.0 Å². The van der Waals surface area contributed by atoms with E-state index >= 15 is 0 Å². The molecule has 1 unspecified atom stereocenters. The molecule has 0 aliphatic heterocycles. The van der Waals surface area contributed by atoms with Gasteiger partial charge in [-0.3, -0.25) is 0 Å². The molecule has 0 saturated heterocycles. The van der Waals surface area contributed by atoms with E-state index in [1.54, 1.807) is 12.1 Å². The van der Waals surface area contributed by atoms with Gasteiger partial charge in [0.15, 0.2) is 0 Å². The van der Waals surface area contributed by atoms with E-state index in [1.165, 1.54) is 47.1 Å². The summed E-state index contributed by atoms with van der Waals surface area (Å²) in [6, 6.07) is 7.23. The van der Waals surface area contributed by atoms with E-state index in [0.29, 0.717) is 17.0 Å². The summed E-state index contributed by atoms with van der Waals surface area (Å²) in [7, 11) is 1.94. The van der Waals surface area contributed by atoms with Gasteiger partial charge in [0.05, 0.1) is 0 Å². The molecule has 1 aliphatic carbocycles. The van der Waals surface area contributed by atoms with E-state index in [2.05, 4.69) is 11.4 Å². The van der Waals surface area contributed by atoms with Crippen LogP contribution in [0.25, 0.3) is 0 Å². The highest BCUT2D eigenvalue weighted by Gasteiger charge is 2.19. The van der Waals surface area contributed by atoms with Crippen LogP contribution in [0.3, 0.4) is 0 Å². The Labute approximate surface area is 134 Å². The molecule has 4 heteroatoms. The first-order valence-corrected chi connectivity index (χ1v) is 8.59. The number of benzene rings is 1. The second kappa shape index (κ2) is 6.47. The zero-order valence-corrected chi connectivity index (χ0v) is 13.7. The van der Waals surface area contributed by atoms with Crippen molar-refractivity contribution in [2.45, 2.75) is 38.1 Å². The molecule has 1 N–H and O–H groups in total. The van der Waals surface area contributed by atoms with E-state index in [9.17, 15) is 4.39 Å². The van der Waals surface area contributed by atoms with Crippen molar-refractivity contribution < 1.29 is 4.39 Å². The number of hydrogen-bond donors (Lipinski definition) is 1. The third kappa shape index (κ3) is 3.31. The fourth-order valence-corrected chi connectivity index (χ4v) is 4.51. The normalized spacial score (nSPS) is 15.8. The predicted molar refractivity (Wildman–Crippen MR) is 87.9 cm³/mol. The average molecular weight is 324 g/mol. The third-order valence-electron chi connectivity index (χ3n) is 4.14. The van der Waals surface area contributed by atoms with Crippen molar-refractivity contribution in [3.8, 4) is 0 Å². The van der Waals surface area contributed by atoms with E-state index in [4.69, 9.17) is 11.6 Å². The minimum Gasteiger partial charge on any atom is -0.312 e. The first-order valence-electron chi connectivity index (χ1n) is 7.40. The molecule has 1 atom stereocenters. The van der Waals surface area contributed by atoms with Gasteiger partial charge in [0.1, 0.15) is 5.82 Å². The molecule has 1 nitrogen and oxygen atoms in total. The van der Waals surface area contributed by atoms with Crippen molar-refractivity contribution in [1.29, 1.82) is 0 Å². The van der Waals surface area contributed by atoms with Gasteiger partial charge in [-0.25, -0.2) is 4.39 Å². The van der Waals surface area contributed by atoms with Crippen LogP contribution < -0.4 is 5.32 Å². The molecule has 0 radical (unpaired) electrons. The lowest BCUT2D eigenvalue weighted by Crippen LogP contribution is -2.18. The maximum absolute atomic E-state index is 13.9. The SMILES string of the molecule is CNC(Cc1cc(Cl)ccc1F)c1cc2c(s1)CCCC2. The number of likely N-dealkylation sites (N-methyl/N-ethyl adjacent to an activating group) is 1. The smallest absolute Gasteiger partial charge is 0.126 e. The molecule has 0 spiro atoms. The quantitative estimate of drug-likeness (QED) is 0.842. The van der Waals surface area contributed by atoms with Crippen LogP contribution >= 0.6 is 22.9 Å². The third-order valence-corrected chi connectivity index (χ3v) is 5.73. The summed E-state index contributed by atoms with van der Waals surface area (Å²) in [4.78, 5) is 2.83. The Bertz CT molecular complexity index is 614. The van der Waals surface area contributed by atoms with E-state index < -0.39 is 0 Å². The molecule has 0 fully saturated rings. The molecule has 1 heterocycles. The first kappa shape index (κ1) is 15.0. The van der Waals surface area contributed by atoms with Crippen molar-refractivity contribution in [2.75, 3.05) is 7.05 Å². The summed E-state index contributed by atoms with van der Waals surface area (Å²) in [6.07, 6.45) is 5.59. The molecule has 1 aromatic carbocycles. The molecule has 0 bridgehead atoms. The Balaban J connectivity index is 1.84. The Morgan fingerprint density at radius 1 is 1.29 bits per heavy atom. The van der Waals surface area contributed by atoms with Crippen LogP contribution in [0.15, 0.2) is 24.3 Å². The van der Waals surface area contributed by atoms with Gasteiger partial charge in [-0.05, 0) is 74.5 Å². The highest BCUT2D eigenvalue weighted by molar-refractivity contribution is 7.12. The average Bonchev–Trinajstić information content (AvgIpc) is 2.91. The van der Waals surface area contributed by atoms with Gasteiger partial charge < -0.3 is 5.32 Å². The van der Waals surface area contributed by atoms with Crippen molar-refractivity contribution in [1.82, 2.24) is 5.32 Å². The summed E-state index contributed by atoms with van der Waals surface area (Å²) in [5.41, 5.74) is 2.17. The van der Waals surface area contributed by atoms with Gasteiger partial charge in [0.25, 0.3) is 0 Å². The number of aryl methyl sites for hydroxylation is 2. The van der Waals surface area contributed by atoms with Crippen LogP contribution in [0.5, 0.6) is 0 Å². The van der Waals surface area contributed by atoms with Gasteiger partial charge in [-0.1, -0.05) is 11.6 Å². The number of thiophene rings is 1. The maximum atomic E-state index is 13.9. The Kier molecular flexibility index (Phi) is 4.63. The van der Waals surface area contributed by atoms with E-state index in [0.717, 1.165) is 0 Å². The predicted octanol–water partition coefficient (Wildman–Crippen LogP) is 4.92. The van der Waals surface area contributed by atoms with Gasteiger partial charge >= 0.3 is 0 Å². The van der Waals surface area contributed by atoms with Crippen LogP contribution in [0.1, 0.15) is 39.8 Å². The summed E-state index contributed by atoms with van der Waals surface area (Å²) in [5, 5.41) is 3.91. The second-order valence-electron chi connectivity index (χ2n) is 5.59. The van der Waals surface area contributed by atoms with Crippen molar-refractivity contribution in [3.63, 3.8) is 0 Å². The Morgan fingerprint density at radius 3 is 2.86 bits per heavy atom. The minimum absolute atomic E-state index is 0.147. The highest BCUT2D eigenvalue weighted by Crippen LogP contribution is 2.34. The van der Waals surface area contributed by atoms with Crippen molar-refractivity contribution >= 4 is 22.9 Å². The molecule has 3 rings (SSSR count). The van der Waals surface area contributed by atoms with Gasteiger partial charge in [-0.2, -0.15) is 0 Å². The first-order chi connectivity index (χ1) is 10.2. The lowest BCUT2D eigenvalue weighted by molar-refractivity contribution is 0.559. The lowest BCUT2D eigenvalue weighted by Gasteiger charge is -2.15. The molecular formula is C17H19ClFNS. The molecule has 2 aromatic rings. The van der Waals surface area contributed by atoms with Crippen molar-refractivity contribution in [3.05, 3.63) is 56.0 Å². The number of nitrogens with one attached hydrogen (secondary N) is 1. The van der Waals surface area contributed by atoms with Crippen LogP contribution in [-0.4, -0.2) is 7.05 Å². The van der Waals surface area contributed by atoms with Crippen LogP contribution in [-0.2, 0) is 19.3 Å². The summed E-state index contributed by atoms with van der Waals surface area (Å²) < 4.78 is 13.9. The van der Waals surface area contributed by atoms with Crippen molar-refractivity contribution in [2.24, 2.45) is 0 Å². The lowest BCUT2D eigenvalue weighted by atomic mass is 9.98. The number of fused-ring (bicyclic) bond motifs is 1. The summed E-state index contributed by atoms with van der Waals surface area (Å²) in [5.74, 6) is -0.180. The molecule has 0 amide bonds. The largest absolute Gasteiger partial charge is 0.312 e. The zero-order valence-electron chi connectivity index (χ0n) is 12.1. The standard InChI is InChI=1S/C17H19ClFNS/c1-20-15(9-12-8-13(18)6-7-14(12)19)17-10-11-4-2-3-5-16(11)21-17/h6-8,10,15,20H,2-5,9H2,1H3. The number of hydrogen-bond acceptors (Lipinski definition) is 2. The zero-order chi connectivity index (χ0) is 14.8. The number of rotatable bonds is 4. The van der Waals surface area contributed by atoms with Gasteiger partial charge in [0.2, 0.25) is 0 Å². The van der Waals surface area contributed by atoms with Crippen LogP contribution in [0.2, 0.25) is 5.02 Å².